The average Bonchev–Trinajstić information content (AvgIpc) is 3.13. The summed E-state index contributed by atoms with van der Waals surface area (Å²) in [6.45, 7) is 0.557. The molecule has 0 spiro atoms. The molecular formula is C19H16F5N5O. The average molecular weight is 425 g/mol. The summed E-state index contributed by atoms with van der Waals surface area (Å²) in [6, 6.07) is 4.40. The Morgan fingerprint density at radius 1 is 1.13 bits per heavy atom. The van der Waals surface area contributed by atoms with Gasteiger partial charge in [0, 0.05) is 31.3 Å². The number of likely N-dealkylation sites (tertiary alicyclic amines) is 1. The third-order valence-corrected chi connectivity index (χ3v) is 5.00. The molecule has 1 saturated heterocycles. The van der Waals surface area contributed by atoms with E-state index in [9.17, 15) is 26.7 Å². The summed E-state index contributed by atoms with van der Waals surface area (Å²) in [4.78, 5) is 14.0. The van der Waals surface area contributed by atoms with Gasteiger partial charge in [0.1, 0.15) is 17.5 Å². The molecule has 30 heavy (non-hydrogen) atoms. The zero-order valence-corrected chi connectivity index (χ0v) is 15.5. The van der Waals surface area contributed by atoms with Gasteiger partial charge in [-0.25, -0.2) is 13.6 Å². The SMILES string of the molecule is O=C(Nc1ccc(F)cc1F)N1CCC[C@H](c2nnc3ccc(C(F)(F)F)cn23)C1. The van der Waals surface area contributed by atoms with Crippen molar-refractivity contribution in [1.29, 1.82) is 0 Å². The van der Waals surface area contributed by atoms with Crippen LogP contribution in [0.15, 0.2) is 36.5 Å². The second kappa shape index (κ2) is 7.54. The van der Waals surface area contributed by atoms with Gasteiger partial charge in [-0.2, -0.15) is 13.2 Å². The first-order chi connectivity index (χ1) is 14.2. The van der Waals surface area contributed by atoms with Crippen LogP contribution in [0, 0.1) is 11.6 Å². The van der Waals surface area contributed by atoms with Gasteiger partial charge in [-0.05, 0) is 37.1 Å². The minimum Gasteiger partial charge on any atom is -0.324 e. The molecule has 1 aliphatic rings. The zero-order chi connectivity index (χ0) is 21.5. The van der Waals surface area contributed by atoms with Gasteiger partial charge in [-0.1, -0.05) is 0 Å². The Balaban J connectivity index is 1.54. The largest absolute Gasteiger partial charge is 0.417 e. The van der Waals surface area contributed by atoms with Crippen LogP contribution in [0.2, 0.25) is 0 Å². The molecule has 0 radical (unpaired) electrons. The zero-order valence-electron chi connectivity index (χ0n) is 15.5. The summed E-state index contributed by atoms with van der Waals surface area (Å²) in [5.41, 5.74) is -0.715. The van der Waals surface area contributed by atoms with E-state index in [0.29, 0.717) is 31.3 Å². The van der Waals surface area contributed by atoms with Gasteiger partial charge in [0.25, 0.3) is 0 Å². The molecule has 0 aliphatic carbocycles. The number of carbonyl (C=O) groups is 1. The van der Waals surface area contributed by atoms with Gasteiger partial charge in [0.2, 0.25) is 0 Å². The third kappa shape index (κ3) is 3.91. The van der Waals surface area contributed by atoms with Crippen LogP contribution in [-0.2, 0) is 6.18 Å². The molecular weight excluding hydrogens is 409 g/mol. The Morgan fingerprint density at radius 3 is 2.67 bits per heavy atom. The number of piperidine rings is 1. The molecule has 0 bridgehead atoms. The number of halogens is 5. The van der Waals surface area contributed by atoms with Crippen LogP contribution in [0.3, 0.4) is 0 Å². The number of rotatable bonds is 2. The van der Waals surface area contributed by atoms with E-state index in [4.69, 9.17) is 0 Å². The Labute approximate surface area is 167 Å². The minimum absolute atomic E-state index is 0.161. The monoisotopic (exact) mass is 425 g/mol. The molecule has 1 aromatic carbocycles. The standard InChI is InChI=1S/C19H16F5N5O/c20-13-4-5-15(14(21)8-13)25-18(30)28-7-1-2-11(9-28)17-27-26-16-6-3-12(10-29(16)17)19(22,23)24/h3-6,8,10-11H,1-2,7,9H2,(H,25,30)/t11-/m0/s1. The Kier molecular flexibility index (Phi) is 5.04. The van der Waals surface area contributed by atoms with Crippen LogP contribution < -0.4 is 5.32 Å². The normalized spacial score (nSPS) is 17.4. The maximum Gasteiger partial charge on any atom is 0.417 e. The summed E-state index contributed by atoms with van der Waals surface area (Å²) in [5, 5.41) is 10.3. The lowest BCUT2D eigenvalue weighted by Gasteiger charge is -2.32. The van der Waals surface area contributed by atoms with E-state index in [1.807, 2.05) is 0 Å². The van der Waals surface area contributed by atoms with Crippen molar-refractivity contribution >= 4 is 17.4 Å². The molecule has 3 aromatic rings. The molecule has 2 aromatic heterocycles. The first-order valence-corrected chi connectivity index (χ1v) is 9.15. The summed E-state index contributed by atoms with van der Waals surface area (Å²) >= 11 is 0. The number of urea groups is 1. The summed E-state index contributed by atoms with van der Waals surface area (Å²) in [7, 11) is 0. The van der Waals surface area contributed by atoms with Gasteiger partial charge in [0.05, 0.1) is 11.3 Å². The number of aromatic nitrogens is 3. The number of carbonyl (C=O) groups excluding carboxylic acids is 1. The quantitative estimate of drug-likeness (QED) is 0.618. The van der Waals surface area contributed by atoms with Crippen molar-refractivity contribution in [2.45, 2.75) is 24.9 Å². The highest BCUT2D eigenvalue weighted by molar-refractivity contribution is 5.89. The van der Waals surface area contributed by atoms with E-state index in [1.165, 1.54) is 15.4 Å². The number of fused-ring (bicyclic) bond motifs is 1. The van der Waals surface area contributed by atoms with Crippen LogP contribution in [0.25, 0.3) is 5.65 Å². The fourth-order valence-corrected chi connectivity index (χ4v) is 3.51. The van der Waals surface area contributed by atoms with E-state index < -0.39 is 29.4 Å². The molecule has 0 unspecified atom stereocenters. The number of hydrogen-bond acceptors (Lipinski definition) is 3. The van der Waals surface area contributed by atoms with Crippen molar-refractivity contribution in [2.75, 3.05) is 18.4 Å². The van der Waals surface area contributed by atoms with Gasteiger partial charge >= 0.3 is 12.2 Å². The number of anilines is 1. The molecule has 1 aliphatic heterocycles. The van der Waals surface area contributed by atoms with Gasteiger partial charge in [-0.3, -0.25) is 4.40 Å². The van der Waals surface area contributed by atoms with E-state index >= 15 is 0 Å². The predicted molar refractivity (Wildman–Crippen MR) is 96.9 cm³/mol. The van der Waals surface area contributed by atoms with E-state index in [1.54, 1.807) is 0 Å². The molecule has 0 saturated carbocycles. The molecule has 2 amide bonds. The van der Waals surface area contributed by atoms with Crippen molar-refractivity contribution in [3.63, 3.8) is 0 Å². The van der Waals surface area contributed by atoms with Gasteiger partial charge in [-0.15, -0.1) is 10.2 Å². The highest BCUT2D eigenvalue weighted by Gasteiger charge is 2.33. The van der Waals surface area contributed by atoms with E-state index in [-0.39, 0.29) is 23.8 Å². The first-order valence-electron chi connectivity index (χ1n) is 9.15. The minimum atomic E-state index is -4.51. The second-order valence-electron chi connectivity index (χ2n) is 7.04. The summed E-state index contributed by atoms with van der Waals surface area (Å²) in [5.74, 6) is -1.69. The Morgan fingerprint density at radius 2 is 1.93 bits per heavy atom. The number of benzene rings is 1. The van der Waals surface area contributed by atoms with E-state index in [0.717, 1.165) is 24.4 Å². The number of nitrogens with one attached hydrogen (secondary N) is 1. The van der Waals surface area contributed by atoms with Gasteiger partial charge < -0.3 is 10.2 Å². The summed E-state index contributed by atoms with van der Waals surface area (Å²) < 4.78 is 67.3. The molecule has 6 nitrogen and oxygen atoms in total. The maximum absolute atomic E-state index is 13.8. The second-order valence-corrected chi connectivity index (χ2v) is 7.04. The van der Waals surface area contributed by atoms with E-state index in [2.05, 4.69) is 15.5 Å². The lowest BCUT2D eigenvalue weighted by molar-refractivity contribution is -0.137. The number of pyridine rings is 1. The molecule has 158 valence electrons. The molecule has 1 atom stereocenters. The van der Waals surface area contributed by atoms with Crippen LogP contribution in [-0.4, -0.2) is 38.6 Å². The number of alkyl halides is 3. The van der Waals surface area contributed by atoms with Crippen LogP contribution in [0.1, 0.15) is 30.1 Å². The molecule has 11 heteroatoms. The molecule has 4 rings (SSSR count). The van der Waals surface area contributed by atoms with Crippen LogP contribution >= 0.6 is 0 Å². The lowest BCUT2D eigenvalue weighted by atomic mass is 9.97. The van der Waals surface area contributed by atoms with Crippen molar-refractivity contribution in [1.82, 2.24) is 19.5 Å². The van der Waals surface area contributed by atoms with Crippen LogP contribution in [0.4, 0.5) is 32.4 Å². The number of hydrogen-bond donors (Lipinski definition) is 1. The topological polar surface area (TPSA) is 62.5 Å². The Bertz CT molecular complexity index is 1100. The Hall–Kier alpha value is -3.24. The predicted octanol–water partition coefficient (Wildman–Crippen LogP) is 4.44. The maximum atomic E-state index is 13.8. The fraction of sp³-hybridized carbons (Fsp3) is 0.316. The molecule has 1 N–H and O–H groups in total. The highest BCUT2D eigenvalue weighted by atomic mass is 19.4. The van der Waals surface area contributed by atoms with Crippen molar-refractivity contribution in [3.05, 3.63) is 59.6 Å². The van der Waals surface area contributed by atoms with Gasteiger partial charge in [0.15, 0.2) is 5.65 Å². The molecule has 3 heterocycles. The smallest absolute Gasteiger partial charge is 0.324 e. The fourth-order valence-electron chi connectivity index (χ4n) is 3.51. The number of nitrogens with zero attached hydrogens (tertiary/aromatic N) is 4. The number of amides is 2. The highest BCUT2D eigenvalue weighted by Crippen LogP contribution is 2.31. The lowest BCUT2D eigenvalue weighted by Crippen LogP contribution is -2.42. The van der Waals surface area contributed by atoms with Crippen molar-refractivity contribution in [3.8, 4) is 0 Å². The third-order valence-electron chi connectivity index (χ3n) is 5.00. The summed E-state index contributed by atoms with van der Waals surface area (Å²) in [6.07, 6.45) is -2.38. The van der Waals surface area contributed by atoms with Crippen LogP contribution in [0.5, 0.6) is 0 Å². The van der Waals surface area contributed by atoms with Crippen molar-refractivity contribution < 1.29 is 26.7 Å². The molecule has 1 fully saturated rings. The van der Waals surface area contributed by atoms with Crippen molar-refractivity contribution in [2.24, 2.45) is 0 Å². The first kappa shape index (κ1) is 20.0.